The third-order valence-electron chi connectivity index (χ3n) is 2.93. The lowest BCUT2D eigenvalue weighted by atomic mass is 10.1. The van der Waals surface area contributed by atoms with E-state index in [9.17, 15) is 9.18 Å². The van der Waals surface area contributed by atoms with E-state index >= 15 is 0 Å². The second-order valence-corrected chi connectivity index (χ2v) is 4.43. The molecule has 0 spiro atoms. The average Bonchev–Trinajstić information content (AvgIpc) is 2.47. The van der Waals surface area contributed by atoms with Gasteiger partial charge in [0.1, 0.15) is 5.75 Å². The molecule has 2 rings (SSSR count). The smallest absolute Gasteiger partial charge is 0.228 e. The minimum atomic E-state index is -0.517. The number of amides is 1. The molecule has 21 heavy (non-hydrogen) atoms. The third kappa shape index (κ3) is 3.95. The minimum Gasteiger partial charge on any atom is -0.497 e. The van der Waals surface area contributed by atoms with E-state index in [1.54, 1.807) is 25.3 Å². The van der Waals surface area contributed by atoms with Crippen molar-refractivity contribution in [1.29, 1.82) is 0 Å². The molecule has 0 aliphatic heterocycles. The zero-order chi connectivity index (χ0) is 15.2. The summed E-state index contributed by atoms with van der Waals surface area (Å²) in [7, 11) is 2.96. The number of ether oxygens (including phenoxy) is 2. The number of halogens is 1. The fourth-order valence-electron chi connectivity index (χ4n) is 1.92. The molecule has 1 amide bonds. The summed E-state index contributed by atoms with van der Waals surface area (Å²) in [6, 6.07) is 11.5. The van der Waals surface area contributed by atoms with E-state index in [2.05, 4.69) is 5.32 Å². The van der Waals surface area contributed by atoms with Crippen molar-refractivity contribution in [3.63, 3.8) is 0 Å². The van der Waals surface area contributed by atoms with E-state index < -0.39 is 5.82 Å². The summed E-state index contributed by atoms with van der Waals surface area (Å²) in [4.78, 5) is 11.9. The van der Waals surface area contributed by atoms with Crippen LogP contribution in [0.4, 0.5) is 10.1 Å². The van der Waals surface area contributed by atoms with Crippen LogP contribution in [0.15, 0.2) is 42.5 Å². The van der Waals surface area contributed by atoms with Crippen molar-refractivity contribution in [3.8, 4) is 11.5 Å². The second kappa shape index (κ2) is 6.74. The summed E-state index contributed by atoms with van der Waals surface area (Å²) in [5, 5.41) is 2.64. The number of carbonyl (C=O) groups is 1. The molecule has 0 fully saturated rings. The number of methoxy groups -OCH3 is 2. The predicted octanol–water partition coefficient (Wildman–Crippen LogP) is 3.02. The van der Waals surface area contributed by atoms with Gasteiger partial charge in [-0.25, -0.2) is 4.39 Å². The van der Waals surface area contributed by atoms with Gasteiger partial charge in [0.15, 0.2) is 11.6 Å². The maximum atomic E-state index is 13.5. The molecule has 1 N–H and O–H groups in total. The second-order valence-electron chi connectivity index (χ2n) is 4.43. The number of benzene rings is 2. The zero-order valence-electron chi connectivity index (χ0n) is 11.9. The van der Waals surface area contributed by atoms with Gasteiger partial charge in [-0.2, -0.15) is 0 Å². The molecule has 0 heterocycles. The van der Waals surface area contributed by atoms with Gasteiger partial charge in [0.25, 0.3) is 0 Å². The van der Waals surface area contributed by atoms with Crippen molar-refractivity contribution in [2.45, 2.75) is 6.42 Å². The molecule has 0 bridgehead atoms. The third-order valence-corrected chi connectivity index (χ3v) is 2.93. The SMILES string of the molecule is COc1cccc(CC(=O)Nc2ccc(OC)c(F)c2)c1. The molecule has 4 nitrogen and oxygen atoms in total. The van der Waals surface area contributed by atoms with Crippen LogP contribution < -0.4 is 14.8 Å². The van der Waals surface area contributed by atoms with Crippen LogP contribution in [0.25, 0.3) is 0 Å². The van der Waals surface area contributed by atoms with Gasteiger partial charge in [0.05, 0.1) is 20.6 Å². The predicted molar refractivity (Wildman–Crippen MR) is 78.3 cm³/mol. The van der Waals surface area contributed by atoms with E-state index in [0.29, 0.717) is 11.4 Å². The number of carbonyl (C=O) groups excluding carboxylic acids is 1. The molecule has 0 saturated carbocycles. The normalized spacial score (nSPS) is 10.0. The van der Waals surface area contributed by atoms with E-state index in [0.717, 1.165) is 5.56 Å². The molecule has 0 radical (unpaired) electrons. The number of anilines is 1. The molecule has 0 unspecified atom stereocenters. The van der Waals surface area contributed by atoms with Crippen LogP contribution in [0.2, 0.25) is 0 Å². The minimum absolute atomic E-state index is 0.140. The first-order chi connectivity index (χ1) is 10.1. The summed E-state index contributed by atoms with van der Waals surface area (Å²) in [5.41, 5.74) is 1.21. The van der Waals surface area contributed by atoms with Crippen molar-refractivity contribution in [2.24, 2.45) is 0 Å². The number of nitrogens with one attached hydrogen (secondary N) is 1. The quantitative estimate of drug-likeness (QED) is 0.920. The van der Waals surface area contributed by atoms with Crippen LogP contribution in [0.3, 0.4) is 0 Å². The lowest BCUT2D eigenvalue weighted by Gasteiger charge is -2.08. The van der Waals surface area contributed by atoms with Crippen LogP contribution in [0, 0.1) is 5.82 Å². The van der Waals surface area contributed by atoms with Crippen molar-refractivity contribution in [1.82, 2.24) is 0 Å². The number of hydrogen-bond acceptors (Lipinski definition) is 3. The Morgan fingerprint density at radius 2 is 1.95 bits per heavy atom. The molecule has 2 aromatic rings. The van der Waals surface area contributed by atoms with E-state index in [-0.39, 0.29) is 18.1 Å². The molecule has 110 valence electrons. The zero-order valence-corrected chi connectivity index (χ0v) is 11.9. The van der Waals surface area contributed by atoms with Gasteiger partial charge in [-0.1, -0.05) is 12.1 Å². The van der Waals surface area contributed by atoms with Crippen LogP contribution in [-0.2, 0) is 11.2 Å². The van der Waals surface area contributed by atoms with Gasteiger partial charge >= 0.3 is 0 Å². The van der Waals surface area contributed by atoms with E-state index in [4.69, 9.17) is 9.47 Å². The van der Waals surface area contributed by atoms with Crippen LogP contribution in [-0.4, -0.2) is 20.1 Å². The Kier molecular flexibility index (Phi) is 4.77. The van der Waals surface area contributed by atoms with Gasteiger partial charge in [-0.3, -0.25) is 4.79 Å². The Morgan fingerprint density at radius 3 is 2.62 bits per heavy atom. The Balaban J connectivity index is 2.02. The number of hydrogen-bond donors (Lipinski definition) is 1. The van der Waals surface area contributed by atoms with Crippen LogP contribution >= 0.6 is 0 Å². The van der Waals surface area contributed by atoms with Gasteiger partial charge < -0.3 is 14.8 Å². The van der Waals surface area contributed by atoms with Gasteiger partial charge in [-0.15, -0.1) is 0 Å². The Bertz CT molecular complexity index is 643. The van der Waals surface area contributed by atoms with Gasteiger partial charge in [0, 0.05) is 11.8 Å². The van der Waals surface area contributed by atoms with Crippen molar-refractivity contribution in [2.75, 3.05) is 19.5 Å². The maximum absolute atomic E-state index is 13.5. The largest absolute Gasteiger partial charge is 0.497 e. The molecule has 2 aromatic carbocycles. The molecule has 0 atom stereocenters. The summed E-state index contributed by atoms with van der Waals surface area (Å²) < 4.78 is 23.5. The molecule has 0 aromatic heterocycles. The summed E-state index contributed by atoms with van der Waals surface area (Å²) >= 11 is 0. The lowest BCUT2D eigenvalue weighted by Crippen LogP contribution is -2.14. The summed E-state index contributed by atoms with van der Waals surface area (Å²) in [6.07, 6.45) is 0.185. The van der Waals surface area contributed by atoms with Crippen molar-refractivity contribution < 1.29 is 18.7 Å². The standard InChI is InChI=1S/C16H16FNO3/c1-20-13-5-3-4-11(8-13)9-16(19)18-12-6-7-15(21-2)14(17)10-12/h3-8,10H,9H2,1-2H3,(H,18,19). The summed E-state index contributed by atoms with van der Waals surface area (Å²) in [5.74, 6) is 0.0843. The Hall–Kier alpha value is -2.56. The molecule has 0 aliphatic rings. The molecule has 0 aliphatic carbocycles. The van der Waals surface area contributed by atoms with Crippen molar-refractivity contribution in [3.05, 3.63) is 53.8 Å². The molecular formula is C16H16FNO3. The fourth-order valence-corrected chi connectivity index (χ4v) is 1.92. The highest BCUT2D eigenvalue weighted by Crippen LogP contribution is 2.21. The molecule has 5 heteroatoms. The monoisotopic (exact) mass is 289 g/mol. The van der Waals surface area contributed by atoms with Gasteiger partial charge in [0.2, 0.25) is 5.91 Å². The maximum Gasteiger partial charge on any atom is 0.228 e. The average molecular weight is 289 g/mol. The van der Waals surface area contributed by atoms with Gasteiger partial charge in [-0.05, 0) is 29.8 Å². The lowest BCUT2D eigenvalue weighted by molar-refractivity contribution is -0.115. The van der Waals surface area contributed by atoms with Crippen LogP contribution in [0.1, 0.15) is 5.56 Å². The molecular weight excluding hydrogens is 273 g/mol. The topological polar surface area (TPSA) is 47.6 Å². The highest BCUT2D eigenvalue weighted by atomic mass is 19.1. The Labute approximate surface area is 122 Å². The first-order valence-electron chi connectivity index (χ1n) is 6.38. The fraction of sp³-hybridized carbons (Fsp3) is 0.188. The van der Waals surface area contributed by atoms with Crippen LogP contribution in [0.5, 0.6) is 11.5 Å². The first kappa shape index (κ1) is 14.8. The molecule has 0 saturated heterocycles. The first-order valence-corrected chi connectivity index (χ1v) is 6.38. The van der Waals surface area contributed by atoms with E-state index in [1.165, 1.54) is 19.2 Å². The Morgan fingerprint density at radius 1 is 1.14 bits per heavy atom. The highest BCUT2D eigenvalue weighted by molar-refractivity contribution is 5.92. The summed E-state index contributed by atoms with van der Waals surface area (Å²) in [6.45, 7) is 0. The highest BCUT2D eigenvalue weighted by Gasteiger charge is 2.08. The number of rotatable bonds is 5. The van der Waals surface area contributed by atoms with Crippen molar-refractivity contribution >= 4 is 11.6 Å². The van der Waals surface area contributed by atoms with E-state index in [1.807, 2.05) is 12.1 Å².